The molecule has 2 rings (SSSR count). The molecule has 0 spiro atoms. The fraction of sp³-hybridized carbons (Fsp3) is 0.316. The number of phenolic OH excluding ortho intramolecular Hbond substituents is 1. The van der Waals surface area contributed by atoms with Gasteiger partial charge in [-0.2, -0.15) is 0 Å². The van der Waals surface area contributed by atoms with E-state index >= 15 is 0 Å². The van der Waals surface area contributed by atoms with Crippen molar-refractivity contribution in [2.45, 2.75) is 26.3 Å². The van der Waals surface area contributed by atoms with Gasteiger partial charge >= 0.3 is 6.36 Å². The summed E-state index contributed by atoms with van der Waals surface area (Å²) in [6, 6.07) is 12.9. The van der Waals surface area contributed by atoms with Crippen LogP contribution in [0.1, 0.15) is 18.1 Å². The molecule has 0 saturated carbocycles. The minimum absolute atomic E-state index is 0. The molecule has 0 amide bonds. The van der Waals surface area contributed by atoms with Crippen molar-refractivity contribution >= 4 is 29.9 Å². The zero-order valence-electron chi connectivity index (χ0n) is 15.3. The molecule has 2 aromatic carbocycles. The molecule has 0 fully saturated rings. The molecule has 0 aromatic heterocycles. The van der Waals surface area contributed by atoms with Crippen LogP contribution in [0.4, 0.5) is 13.2 Å². The van der Waals surface area contributed by atoms with E-state index in [2.05, 4.69) is 20.4 Å². The average molecular weight is 509 g/mol. The highest BCUT2D eigenvalue weighted by Gasteiger charge is 2.31. The van der Waals surface area contributed by atoms with Crippen molar-refractivity contribution in [1.82, 2.24) is 10.6 Å². The number of aromatic hydroxyl groups is 1. The van der Waals surface area contributed by atoms with Gasteiger partial charge in [0.15, 0.2) is 5.96 Å². The van der Waals surface area contributed by atoms with E-state index in [1.807, 2.05) is 13.0 Å². The Morgan fingerprint density at radius 1 is 1.11 bits per heavy atom. The molecule has 0 atom stereocenters. The monoisotopic (exact) mass is 509 g/mol. The summed E-state index contributed by atoms with van der Waals surface area (Å²) in [4.78, 5) is 4.32. The maximum atomic E-state index is 12.5. The van der Waals surface area contributed by atoms with Crippen LogP contribution in [0.5, 0.6) is 11.5 Å². The summed E-state index contributed by atoms with van der Waals surface area (Å²) in [6.07, 6.45) is -4.09. The van der Waals surface area contributed by atoms with Gasteiger partial charge in [0, 0.05) is 18.7 Å². The van der Waals surface area contributed by atoms with Crippen molar-refractivity contribution in [2.24, 2.45) is 4.99 Å². The van der Waals surface area contributed by atoms with Crippen molar-refractivity contribution in [3.63, 3.8) is 0 Å². The minimum atomic E-state index is -4.75. The highest BCUT2D eigenvalue weighted by atomic mass is 127. The van der Waals surface area contributed by atoms with Gasteiger partial charge in [0.05, 0.1) is 6.54 Å². The van der Waals surface area contributed by atoms with Crippen LogP contribution >= 0.6 is 24.0 Å². The molecule has 3 N–H and O–H groups in total. The Bertz CT molecular complexity index is 770. The van der Waals surface area contributed by atoms with Crippen molar-refractivity contribution in [1.29, 1.82) is 0 Å². The number of ether oxygens (including phenoxy) is 1. The molecule has 9 heteroatoms. The lowest BCUT2D eigenvalue weighted by Gasteiger charge is -2.14. The molecule has 0 aliphatic rings. The Balaban J connectivity index is 0.00000392. The van der Waals surface area contributed by atoms with E-state index in [9.17, 15) is 18.3 Å². The fourth-order valence-electron chi connectivity index (χ4n) is 2.40. The van der Waals surface area contributed by atoms with Gasteiger partial charge < -0.3 is 20.5 Å². The molecular weight excluding hydrogens is 486 g/mol. The summed E-state index contributed by atoms with van der Waals surface area (Å²) in [5.74, 6) is 0.429. The van der Waals surface area contributed by atoms with E-state index in [0.717, 1.165) is 5.56 Å². The number of guanidine groups is 1. The van der Waals surface area contributed by atoms with E-state index in [1.54, 1.807) is 30.3 Å². The third-order valence-electron chi connectivity index (χ3n) is 3.57. The predicted molar refractivity (Wildman–Crippen MR) is 113 cm³/mol. The summed E-state index contributed by atoms with van der Waals surface area (Å²) in [5, 5.41) is 15.6. The number of nitrogens with one attached hydrogen (secondary N) is 2. The zero-order valence-corrected chi connectivity index (χ0v) is 17.6. The van der Waals surface area contributed by atoms with Crippen LogP contribution in [-0.2, 0) is 13.0 Å². The first-order valence-corrected chi connectivity index (χ1v) is 8.51. The smallest absolute Gasteiger partial charge is 0.508 e. The quantitative estimate of drug-likeness (QED) is 0.298. The first-order chi connectivity index (χ1) is 12.9. The van der Waals surface area contributed by atoms with Crippen molar-refractivity contribution < 1.29 is 23.0 Å². The molecule has 0 aliphatic heterocycles. The zero-order chi connectivity index (χ0) is 19.7. The SMILES string of the molecule is CCNC(=NCc1ccccc1OC(F)(F)F)NCCc1cccc(O)c1.I. The first kappa shape index (κ1) is 23.9. The van der Waals surface area contributed by atoms with Crippen LogP contribution in [0, 0.1) is 0 Å². The van der Waals surface area contributed by atoms with Gasteiger partial charge in [-0.1, -0.05) is 30.3 Å². The second kappa shape index (κ2) is 11.6. The lowest BCUT2D eigenvalue weighted by molar-refractivity contribution is -0.274. The van der Waals surface area contributed by atoms with Gasteiger partial charge in [0.25, 0.3) is 0 Å². The van der Waals surface area contributed by atoms with Gasteiger partial charge in [-0.15, -0.1) is 37.1 Å². The number of hydrogen-bond acceptors (Lipinski definition) is 3. The molecule has 0 saturated heterocycles. The van der Waals surface area contributed by atoms with Gasteiger partial charge in [0.2, 0.25) is 0 Å². The van der Waals surface area contributed by atoms with Crippen molar-refractivity contribution in [3.8, 4) is 11.5 Å². The second-order valence-corrected chi connectivity index (χ2v) is 5.70. The summed E-state index contributed by atoms with van der Waals surface area (Å²) in [6.45, 7) is 3.09. The van der Waals surface area contributed by atoms with E-state index in [-0.39, 0.29) is 42.0 Å². The van der Waals surface area contributed by atoms with E-state index < -0.39 is 6.36 Å². The number of halogens is 4. The van der Waals surface area contributed by atoms with Crippen molar-refractivity contribution in [3.05, 3.63) is 59.7 Å². The molecule has 5 nitrogen and oxygen atoms in total. The maximum absolute atomic E-state index is 12.5. The standard InChI is InChI=1S/C19H22F3N3O2.HI/c1-2-23-18(24-11-10-14-6-5-8-16(26)12-14)25-13-15-7-3-4-9-17(15)27-19(20,21)22;/h3-9,12,26H,2,10-11,13H2,1H3,(H2,23,24,25);1H. The Morgan fingerprint density at radius 3 is 2.54 bits per heavy atom. The van der Waals surface area contributed by atoms with Crippen LogP contribution in [0.3, 0.4) is 0 Å². The van der Waals surface area contributed by atoms with Crippen molar-refractivity contribution in [2.75, 3.05) is 13.1 Å². The highest BCUT2D eigenvalue weighted by molar-refractivity contribution is 14.0. The number of hydrogen-bond donors (Lipinski definition) is 3. The number of nitrogens with zero attached hydrogens (tertiary/aromatic N) is 1. The molecule has 0 bridgehead atoms. The maximum Gasteiger partial charge on any atom is 0.573 e. The van der Waals surface area contributed by atoms with E-state index in [4.69, 9.17) is 0 Å². The molecule has 2 aromatic rings. The lowest BCUT2D eigenvalue weighted by Crippen LogP contribution is -2.38. The van der Waals surface area contributed by atoms with Gasteiger partial charge in [0.1, 0.15) is 11.5 Å². The summed E-state index contributed by atoms with van der Waals surface area (Å²) >= 11 is 0. The minimum Gasteiger partial charge on any atom is -0.508 e. The van der Waals surface area contributed by atoms with E-state index in [1.165, 1.54) is 12.1 Å². The van der Waals surface area contributed by atoms with Crippen LogP contribution in [-0.4, -0.2) is 30.5 Å². The Labute approximate surface area is 179 Å². The summed E-state index contributed by atoms with van der Waals surface area (Å²) in [5.41, 5.74) is 1.29. The number of aliphatic imine (C=N–C) groups is 1. The van der Waals surface area contributed by atoms with Crippen LogP contribution < -0.4 is 15.4 Å². The topological polar surface area (TPSA) is 65.9 Å². The Hall–Kier alpha value is -2.17. The number of phenols is 1. The summed E-state index contributed by atoms with van der Waals surface area (Å²) in [7, 11) is 0. The number of para-hydroxylation sites is 1. The van der Waals surface area contributed by atoms with Gasteiger partial charge in [-0.25, -0.2) is 4.99 Å². The number of rotatable bonds is 7. The Morgan fingerprint density at radius 2 is 1.86 bits per heavy atom. The lowest BCUT2D eigenvalue weighted by atomic mass is 10.1. The first-order valence-electron chi connectivity index (χ1n) is 8.51. The summed E-state index contributed by atoms with van der Waals surface area (Å²) < 4.78 is 41.5. The van der Waals surface area contributed by atoms with Crippen LogP contribution in [0.25, 0.3) is 0 Å². The molecule has 0 unspecified atom stereocenters. The van der Waals surface area contributed by atoms with E-state index in [0.29, 0.717) is 31.0 Å². The molecule has 28 heavy (non-hydrogen) atoms. The molecular formula is C19H23F3IN3O2. The number of alkyl halides is 3. The largest absolute Gasteiger partial charge is 0.573 e. The average Bonchev–Trinajstić information content (AvgIpc) is 2.59. The third kappa shape index (κ3) is 8.68. The Kier molecular flexibility index (Phi) is 9.91. The van der Waals surface area contributed by atoms with Gasteiger partial charge in [-0.05, 0) is 37.1 Å². The highest BCUT2D eigenvalue weighted by Crippen LogP contribution is 2.26. The van der Waals surface area contributed by atoms with Gasteiger partial charge in [-0.3, -0.25) is 0 Å². The fourth-order valence-corrected chi connectivity index (χ4v) is 2.40. The molecule has 154 valence electrons. The normalized spacial score (nSPS) is 11.5. The molecule has 0 heterocycles. The predicted octanol–water partition coefficient (Wildman–Crippen LogP) is 4.21. The van der Waals surface area contributed by atoms with Crippen LogP contribution in [0.15, 0.2) is 53.5 Å². The molecule has 0 aliphatic carbocycles. The number of benzene rings is 2. The molecule has 0 radical (unpaired) electrons. The van der Waals surface area contributed by atoms with Crippen LogP contribution in [0.2, 0.25) is 0 Å². The third-order valence-corrected chi connectivity index (χ3v) is 3.57. The second-order valence-electron chi connectivity index (χ2n) is 5.70.